The summed E-state index contributed by atoms with van der Waals surface area (Å²) in [6, 6.07) is 0. The molecular weight excluding hydrogens is 76.8 g/mol. The van der Waals surface area contributed by atoms with Crippen molar-refractivity contribution in [2.45, 2.75) is 0 Å². The van der Waals surface area contributed by atoms with Crippen LogP contribution in [-0.2, 0) is 4.65 Å². The first-order chi connectivity index (χ1) is 1.41. The Labute approximate surface area is 30.5 Å². The topological polar surface area (TPSA) is 9.23 Å². The second-order valence-electron chi connectivity index (χ2n) is 0.408. The summed E-state index contributed by atoms with van der Waals surface area (Å²) < 4.78 is 4.25. The van der Waals surface area contributed by atoms with Crippen LogP contribution in [0.5, 0.6) is 0 Å². The SMILES string of the molecule is BOC.F.F. The Bertz CT molecular complexity index is 9.61. The highest BCUT2D eigenvalue weighted by Gasteiger charge is 1.30. The van der Waals surface area contributed by atoms with Gasteiger partial charge in [-0.25, -0.2) is 0 Å². The summed E-state index contributed by atoms with van der Waals surface area (Å²) in [4.78, 5) is 0. The van der Waals surface area contributed by atoms with Gasteiger partial charge in [-0.1, -0.05) is 0 Å². The van der Waals surface area contributed by atoms with Crippen LogP contribution >= 0.6 is 0 Å². The van der Waals surface area contributed by atoms with Crippen molar-refractivity contribution in [2.24, 2.45) is 0 Å². The molecule has 0 N–H and O–H groups in total. The van der Waals surface area contributed by atoms with Crippen molar-refractivity contribution in [3.05, 3.63) is 0 Å². The van der Waals surface area contributed by atoms with Gasteiger partial charge in [-0.15, -0.1) is 0 Å². The molecule has 0 atom stereocenters. The van der Waals surface area contributed by atoms with Crippen molar-refractivity contribution < 1.29 is 14.1 Å². The zero-order valence-corrected chi connectivity index (χ0v) is 3.22. The molecule has 0 rings (SSSR count). The molecule has 0 aromatic heterocycles. The normalized spacial score (nSPS) is 3.40. The standard InChI is InChI=1S/CH5BO.2FH/c1-3-2;;/h2H2,1H3;2*1H. The van der Waals surface area contributed by atoms with E-state index in [1.807, 2.05) is 0 Å². The van der Waals surface area contributed by atoms with Crippen LogP contribution in [0.25, 0.3) is 0 Å². The molecule has 0 aromatic carbocycles. The molecule has 0 spiro atoms. The molecule has 0 aromatic rings. The Morgan fingerprint density at radius 2 is 1.40 bits per heavy atom. The van der Waals surface area contributed by atoms with Crippen LogP contribution in [0.15, 0.2) is 0 Å². The van der Waals surface area contributed by atoms with Crippen LogP contribution in [-0.4, -0.2) is 15.2 Å². The molecule has 0 amide bonds. The van der Waals surface area contributed by atoms with Crippen molar-refractivity contribution >= 4 is 8.05 Å². The molecule has 0 saturated carbocycles. The van der Waals surface area contributed by atoms with Gasteiger partial charge in [0.2, 0.25) is 0 Å². The van der Waals surface area contributed by atoms with E-state index in [9.17, 15) is 0 Å². The van der Waals surface area contributed by atoms with E-state index in [-0.39, 0.29) is 9.41 Å². The largest absolute Gasteiger partial charge is 0.447 e. The van der Waals surface area contributed by atoms with Gasteiger partial charge in [0, 0.05) is 7.11 Å². The maximum Gasteiger partial charge on any atom is 0.256 e. The fourth-order valence-electron chi connectivity index (χ4n) is 0. The van der Waals surface area contributed by atoms with Crippen molar-refractivity contribution in [1.82, 2.24) is 0 Å². The Hall–Kier alpha value is -0.115. The monoisotopic (exact) mass is 84.1 g/mol. The van der Waals surface area contributed by atoms with Crippen molar-refractivity contribution in [3.63, 3.8) is 0 Å². The lowest BCUT2D eigenvalue weighted by atomic mass is 10.6. The van der Waals surface area contributed by atoms with E-state index >= 15 is 0 Å². The van der Waals surface area contributed by atoms with Crippen LogP contribution in [0.2, 0.25) is 0 Å². The third-order valence-corrected chi connectivity index (χ3v) is 0. The number of rotatable bonds is 0. The average molecular weight is 83.9 g/mol. The molecule has 0 saturated heterocycles. The molecule has 0 aliphatic heterocycles. The van der Waals surface area contributed by atoms with Crippen molar-refractivity contribution in [2.75, 3.05) is 7.11 Å². The molecule has 34 valence electrons. The first kappa shape index (κ1) is 20.8. The second-order valence-corrected chi connectivity index (χ2v) is 0.408. The van der Waals surface area contributed by atoms with E-state index < -0.39 is 0 Å². The zero-order chi connectivity index (χ0) is 2.71. The minimum Gasteiger partial charge on any atom is -0.447 e. The zero-order valence-electron chi connectivity index (χ0n) is 3.22. The van der Waals surface area contributed by atoms with Crippen LogP contribution < -0.4 is 0 Å². The Morgan fingerprint density at radius 1 is 1.40 bits per heavy atom. The molecule has 0 aliphatic carbocycles. The lowest BCUT2D eigenvalue weighted by Gasteiger charge is -1.60. The van der Waals surface area contributed by atoms with Gasteiger partial charge in [-0.2, -0.15) is 0 Å². The molecule has 0 fully saturated rings. The lowest BCUT2D eigenvalue weighted by molar-refractivity contribution is 0.460. The molecule has 4 heteroatoms. The third-order valence-electron chi connectivity index (χ3n) is 0. The predicted molar refractivity (Wildman–Crippen MR) is 20.6 cm³/mol. The van der Waals surface area contributed by atoms with Crippen LogP contribution in [0.4, 0.5) is 9.41 Å². The van der Waals surface area contributed by atoms with Gasteiger partial charge in [0.25, 0.3) is 8.05 Å². The highest BCUT2D eigenvalue weighted by atomic mass is 19.0. The summed E-state index contributed by atoms with van der Waals surface area (Å²) in [5.41, 5.74) is 0. The fraction of sp³-hybridized carbons (Fsp3) is 1.00. The maximum atomic E-state index is 4.25. The highest BCUT2D eigenvalue weighted by molar-refractivity contribution is 5.97. The van der Waals surface area contributed by atoms with Gasteiger partial charge >= 0.3 is 0 Å². The first-order valence-corrected chi connectivity index (χ1v) is 0.816. The Balaban J connectivity index is -0.0000000200. The van der Waals surface area contributed by atoms with E-state index in [1.165, 1.54) is 0 Å². The second kappa shape index (κ2) is 41.3. The van der Waals surface area contributed by atoms with Crippen LogP contribution in [0.1, 0.15) is 0 Å². The summed E-state index contributed by atoms with van der Waals surface area (Å²) in [7, 11) is 3.25. The highest BCUT2D eigenvalue weighted by Crippen LogP contribution is 1.24. The summed E-state index contributed by atoms with van der Waals surface area (Å²) in [6.07, 6.45) is 0. The third kappa shape index (κ3) is 1040. The molecule has 0 bridgehead atoms. The summed E-state index contributed by atoms with van der Waals surface area (Å²) in [6.45, 7) is 0. The van der Waals surface area contributed by atoms with Gasteiger partial charge in [-0.05, 0) is 0 Å². The Morgan fingerprint density at radius 3 is 1.40 bits per heavy atom. The van der Waals surface area contributed by atoms with Crippen molar-refractivity contribution in [3.8, 4) is 0 Å². The van der Waals surface area contributed by atoms with Gasteiger partial charge in [0.15, 0.2) is 0 Å². The number of hydrogen-bond acceptors (Lipinski definition) is 1. The van der Waals surface area contributed by atoms with E-state index in [2.05, 4.69) is 4.65 Å². The van der Waals surface area contributed by atoms with E-state index in [0.717, 1.165) is 0 Å². The summed E-state index contributed by atoms with van der Waals surface area (Å²) >= 11 is 0. The van der Waals surface area contributed by atoms with E-state index in [0.29, 0.717) is 0 Å². The van der Waals surface area contributed by atoms with Gasteiger partial charge in [0.05, 0.1) is 0 Å². The smallest absolute Gasteiger partial charge is 0.256 e. The van der Waals surface area contributed by atoms with E-state index in [4.69, 9.17) is 0 Å². The number of halogens is 2. The molecular formula is CH7BF2O. The van der Waals surface area contributed by atoms with Crippen LogP contribution in [0, 0.1) is 0 Å². The molecule has 0 aliphatic rings. The minimum atomic E-state index is 0. The molecule has 5 heavy (non-hydrogen) atoms. The quantitative estimate of drug-likeness (QED) is 0.359. The summed E-state index contributed by atoms with van der Waals surface area (Å²) in [5, 5.41) is 0. The van der Waals surface area contributed by atoms with Crippen LogP contribution in [0.3, 0.4) is 0 Å². The molecule has 0 radical (unpaired) electrons. The van der Waals surface area contributed by atoms with Gasteiger partial charge in [0.1, 0.15) is 0 Å². The Kier molecular flexibility index (Phi) is 171. The molecule has 0 unspecified atom stereocenters. The van der Waals surface area contributed by atoms with Gasteiger partial charge < -0.3 is 4.65 Å². The van der Waals surface area contributed by atoms with E-state index in [1.54, 1.807) is 15.2 Å². The lowest BCUT2D eigenvalue weighted by Crippen LogP contribution is -1.60. The molecule has 1 nitrogen and oxygen atoms in total. The summed E-state index contributed by atoms with van der Waals surface area (Å²) in [5.74, 6) is 0. The maximum absolute atomic E-state index is 4.25. The first-order valence-electron chi connectivity index (χ1n) is 0.816. The number of hydrogen-bond donors (Lipinski definition) is 0. The minimum absolute atomic E-state index is 0. The molecule has 0 heterocycles. The average Bonchev–Trinajstić information content (AvgIpc) is 0.918. The van der Waals surface area contributed by atoms with Crippen molar-refractivity contribution in [1.29, 1.82) is 0 Å². The predicted octanol–water partition coefficient (Wildman–Crippen LogP) is -0.514. The van der Waals surface area contributed by atoms with Gasteiger partial charge in [-0.3, -0.25) is 9.41 Å². The fourth-order valence-corrected chi connectivity index (χ4v) is 0.